The standard InChI is InChI=1S/C18H22ClNO2S/c1-4-5-6-11-20-17(21)15(13-7-9-14(19)10-8-13)16(18(20)22)23-12(2)3/h7-10,12H,4-6,11H2,1-3H3. The Hall–Kier alpha value is -1.26. The van der Waals surface area contributed by atoms with E-state index in [0.29, 0.717) is 22.0 Å². The third kappa shape index (κ3) is 4.18. The largest absolute Gasteiger partial charge is 0.274 e. The van der Waals surface area contributed by atoms with E-state index in [2.05, 4.69) is 6.92 Å². The molecule has 1 aromatic carbocycles. The number of halogens is 1. The maximum Gasteiger partial charge on any atom is 0.267 e. The smallest absolute Gasteiger partial charge is 0.267 e. The highest BCUT2D eigenvalue weighted by Gasteiger charge is 2.38. The summed E-state index contributed by atoms with van der Waals surface area (Å²) < 4.78 is 0. The summed E-state index contributed by atoms with van der Waals surface area (Å²) in [6.45, 7) is 6.64. The van der Waals surface area contributed by atoms with E-state index in [0.717, 1.165) is 24.8 Å². The molecule has 23 heavy (non-hydrogen) atoms. The number of hydrogen-bond acceptors (Lipinski definition) is 3. The first kappa shape index (κ1) is 18.1. The zero-order valence-electron chi connectivity index (χ0n) is 13.8. The van der Waals surface area contributed by atoms with Crippen LogP contribution in [0, 0.1) is 0 Å². The van der Waals surface area contributed by atoms with Crippen LogP contribution in [0.15, 0.2) is 29.2 Å². The highest BCUT2D eigenvalue weighted by Crippen LogP contribution is 2.38. The molecule has 0 saturated heterocycles. The van der Waals surface area contributed by atoms with Crippen molar-refractivity contribution < 1.29 is 9.59 Å². The number of rotatable bonds is 7. The predicted molar refractivity (Wildman–Crippen MR) is 97.3 cm³/mol. The van der Waals surface area contributed by atoms with Crippen LogP contribution in [0.25, 0.3) is 5.57 Å². The van der Waals surface area contributed by atoms with E-state index in [1.165, 1.54) is 16.7 Å². The second-order valence-corrected chi connectivity index (χ2v) is 7.87. The lowest BCUT2D eigenvalue weighted by Crippen LogP contribution is -2.32. The molecule has 1 heterocycles. The quantitative estimate of drug-likeness (QED) is 0.525. The summed E-state index contributed by atoms with van der Waals surface area (Å²) in [5, 5.41) is 0.851. The lowest BCUT2D eigenvalue weighted by atomic mass is 10.1. The molecule has 0 bridgehead atoms. The third-order valence-electron chi connectivity index (χ3n) is 3.60. The highest BCUT2D eigenvalue weighted by atomic mass is 35.5. The maximum absolute atomic E-state index is 12.8. The van der Waals surface area contributed by atoms with Crippen molar-refractivity contribution in [1.82, 2.24) is 4.90 Å². The molecule has 0 fully saturated rings. The van der Waals surface area contributed by atoms with Gasteiger partial charge in [0.15, 0.2) is 0 Å². The molecule has 1 aliphatic rings. The third-order valence-corrected chi connectivity index (χ3v) is 4.94. The number of imide groups is 1. The van der Waals surface area contributed by atoms with Crippen LogP contribution in [0.5, 0.6) is 0 Å². The molecule has 0 radical (unpaired) electrons. The van der Waals surface area contributed by atoms with E-state index >= 15 is 0 Å². The van der Waals surface area contributed by atoms with Gasteiger partial charge in [-0.2, -0.15) is 0 Å². The topological polar surface area (TPSA) is 37.4 Å². The second kappa shape index (κ2) is 8.02. The van der Waals surface area contributed by atoms with Gasteiger partial charge in [-0.1, -0.05) is 57.3 Å². The van der Waals surface area contributed by atoms with Crippen molar-refractivity contribution in [2.75, 3.05) is 6.54 Å². The first-order valence-corrected chi connectivity index (χ1v) is 9.24. The van der Waals surface area contributed by atoms with Gasteiger partial charge in [-0.25, -0.2) is 0 Å². The average Bonchev–Trinajstić information content (AvgIpc) is 2.72. The van der Waals surface area contributed by atoms with Crippen LogP contribution in [0.3, 0.4) is 0 Å². The number of amides is 2. The Morgan fingerprint density at radius 1 is 1.09 bits per heavy atom. The molecule has 0 aromatic heterocycles. The first-order chi connectivity index (χ1) is 11.0. The fraction of sp³-hybridized carbons (Fsp3) is 0.444. The van der Waals surface area contributed by atoms with Gasteiger partial charge in [0, 0.05) is 16.8 Å². The minimum Gasteiger partial charge on any atom is -0.274 e. The van der Waals surface area contributed by atoms with E-state index in [1.54, 1.807) is 24.3 Å². The van der Waals surface area contributed by atoms with Gasteiger partial charge in [-0.05, 0) is 24.1 Å². The molecule has 0 saturated carbocycles. The monoisotopic (exact) mass is 351 g/mol. The summed E-state index contributed by atoms with van der Waals surface area (Å²) in [6.07, 6.45) is 2.92. The highest BCUT2D eigenvalue weighted by molar-refractivity contribution is 8.04. The minimum absolute atomic E-state index is 0.158. The van der Waals surface area contributed by atoms with Crippen LogP contribution in [0.1, 0.15) is 45.6 Å². The molecule has 5 heteroatoms. The van der Waals surface area contributed by atoms with E-state index < -0.39 is 0 Å². The van der Waals surface area contributed by atoms with Crippen molar-refractivity contribution in [2.24, 2.45) is 0 Å². The molecular weight excluding hydrogens is 330 g/mol. The number of carbonyl (C=O) groups excluding carboxylic acids is 2. The molecule has 1 aromatic rings. The molecule has 0 atom stereocenters. The normalized spacial score (nSPS) is 15.3. The van der Waals surface area contributed by atoms with Crippen molar-refractivity contribution in [3.05, 3.63) is 39.8 Å². The second-order valence-electron chi connectivity index (χ2n) is 5.85. The van der Waals surface area contributed by atoms with Crippen LogP contribution in [-0.2, 0) is 9.59 Å². The molecule has 1 aliphatic heterocycles. The fourth-order valence-electron chi connectivity index (χ4n) is 2.49. The Kier molecular flexibility index (Phi) is 6.31. The van der Waals surface area contributed by atoms with E-state index in [-0.39, 0.29) is 17.1 Å². The van der Waals surface area contributed by atoms with Crippen LogP contribution in [0.4, 0.5) is 0 Å². The van der Waals surface area contributed by atoms with Crippen LogP contribution >= 0.6 is 23.4 Å². The lowest BCUT2D eigenvalue weighted by molar-refractivity contribution is -0.136. The summed E-state index contributed by atoms with van der Waals surface area (Å²) in [4.78, 5) is 27.4. The first-order valence-electron chi connectivity index (χ1n) is 7.98. The van der Waals surface area contributed by atoms with Gasteiger partial charge >= 0.3 is 0 Å². The average molecular weight is 352 g/mol. The van der Waals surface area contributed by atoms with Crippen LogP contribution < -0.4 is 0 Å². The number of carbonyl (C=O) groups is 2. The van der Waals surface area contributed by atoms with Crippen LogP contribution in [0.2, 0.25) is 5.02 Å². The van der Waals surface area contributed by atoms with E-state index in [9.17, 15) is 9.59 Å². The van der Waals surface area contributed by atoms with E-state index in [1.807, 2.05) is 13.8 Å². The van der Waals surface area contributed by atoms with Gasteiger partial charge in [-0.15, -0.1) is 11.8 Å². The number of benzene rings is 1. The molecule has 0 unspecified atom stereocenters. The molecule has 3 nitrogen and oxygen atoms in total. The molecule has 2 rings (SSSR count). The molecule has 124 valence electrons. The molecule has 0 N–H and O–H groups in total. The Morgan fingerprint density at radius 3 is 2.30 bits per heavy atom. The van der Waals surface area contributed by atoms with E-state index in [4.69, 9.17) is 11.6 Å². The number of nitrogens with zero attached hydrogens (tertiary/aromatic N) is 1. The van der Waals surface area contributed by atoms with Gasteiger partial charge in [0.25, 0.3) is 11.8 Å². The summed E-state index contributed by atoms with van der Waals surface area (Å²) in [5.74, 6) is -0.341. The predicted octanol–water partition coefficient (Wildman–Crippen LogP) is 4.75. The fourth-order valence-corrected chi connectivity index (χ4v) is 3.62. The van der Waals surface area contributed by atoms with Gasteiger partial charge in [0.2, 0.25) is 0 Å². The summed E-state index contributed by atoms with van der Waals surface area (Å²) in [7, 11) is 0. The Morgan fingerprint density at radius 2 is 1.74 bits per heavy atom. The molecule has 0 spiro atoms. The minimum atomic E-state index is -0.184. The Labute approximate surface area is 147 Å². The lowest BCUT2D eigenvalue weighted by Gasteiger charge is -2.14. The Bertz CT molecular complexity index is 622. The maximum atomic E-state index is 12.8. The van der Waals surface area contributed by atoms with Gasteiger partial charge in [0.05, 0.1) is 10.5 Å². The van der Waals surface area contributed by atoms with Gasteiger partial charge < -0.3 is 0 Å². The molecule has 0 aliphatic carbocycles. The number of thioether (sulfide) groups is 1. The van der Waals surface area contributed by atoms with Crippen molar-refractivity contribution in [3.63, 3.8) is 0 Å². The van der Waals surface area contributed by atoms with Crippen LogP contribution in [-0.4, -0.2) is 28.5 Å². The number of hydrogen-bond donors (Lipinski definition) is 0. The van der Waals surface area contributed by atoms with Crippen molar-refractivity contribution in [1.29, 1.82) is 0 Å². The summed E-state index contributed by atoms with van der Waals surface area (Å²) in [6, 6.07) is 7.11. The number of unbranched alkanes of at least 4 members (excludes halogenated alkanes) is 2. The zero-order chi connectivity index (χ0) is 17.0. The van der Waals surface area contributed by atoms with Gasteiger partial charge in [-0.3, -0.25) is 14.5 Å². The molecular formula is C18H22ClNO2S. The molecule has 2 amide bonds. The summed E-state index contributed by atoms with van der Waals surface area (Å²) >= 11 is 7.39. The van der Waals surface area contributed by atoms with Crippen molar-refractivity contribution >= 4 is 40.8 Å². The Balaban J connectivity index is 2.35. The SMILES string of the molecule is CCCCCN1C(=O)C(SC(C)C)=C(c2ccc(Cl)cc2)C1=O. The van der Waals surface area contributed by atoms with Crippen molar-refractivity contribution in [3.8, 4) is 0 Å². The summed E-state index contributed by atoms with van der Waals surface area (Å²) in [5.41, 5.74) is 1.27. The van der Waals surface area contributed by atoms with Crippen molar-refractivity contribution in [2.45, 2.75) is 45.3 Å². The zero-order valence-corrected chi connectivity index (χ0v) is 15.3. The van der Waals surface area contributed by atoms with Gasteiger partial charge in [0.1, 0.15) is 0 Å².